The van der Waals surface area contributed by atoms with Gasteiger partial charge in [0.1, 0.15) is 0 Å². The fraction of sp³-hybridized carbons (Fsp3) is 0.900. The van der Waals surface area contributed by atoms with Crippen LogP contribution in [0.2, 0.25) is 0 Å². The van der Waals surface area contributed by atoms with E-state index >= 15 is 0 Å². The first-order valence-electron chi connectivity index (χ1n) is 5.27. The van der Waals surface area contributed by atoms with E-state index in [0.29, 0.717) is 17.6 Å². The summed E-state index contributed by atoms with van der Waals surface area (Å²) in [7, 11) is -3.08. The Bertz CT molecular complexity index is 335. The maximum absolute atomic E-state index is 11.4. The highest BCUT2D eigenvalue weighted by atomic mass is 32.2. The molecule has 0 unspecified atom stereocenters. The summed E-state index contributed by atoms with van der Waals surface area (Å²) < 4.78 is 22.0. The van der Waals surface area contributed by atoms with Gasteiger partial charge in [-0.25, -0.2) is 8.42 Å². The van der Waals surface area contributed by atoms with Gasteiger partial charge in [0, 0.05) is 19.3 Å². The second kappa shape index (κ2) is 5.82. The lowest BCUT2D eigenvalue weighted by atomic mass is 10.2. The monoisotopic (exact) mass is 266 g/mol. The molecule has 0 aromatic heterocycles. The summed E-state index contributed by atoms with van der Waals surface area (Å²) in [5.74, 6) is 0.502. The molecule has 0 fully saturated rings. The van der Waals surface area contributed by atoms with Crippen LogP contribution < -0.4 is 10.6 Å². The molecule has 16 heavy (non-hydrogen) atoms. The average molecular weight is 266 g/mol. The van der Waals surface area contributed by atoms with Gasteiger partial charge in [0.25, 0.3) is 0 Å². The number of nitrogens with one attached hydrogen (secondary N) is 2. The summed E-state index contributed by atoms with van der Waals surface area (Å²) >= 11 is 5.05. The molecule has 6 heteroatoms. The Morgan fingerprint density at radius 3 is 2.19 bits per heavy atom. The van der Waals surface area contributed by atoms with Crippen LogP contribution in [0.5, 0.6) is 0 Å². The molecule has 0 rings (SSSR count). The van der Waals surface area contributed by atoms with Crippen LogP contribution in [0.4, 0.5) is 0 Å². The molecule has 0 radical (unpaired) electrons. The van der Waals surface area contributed by atoms with Crippen molar-refractivity contribution in [3.63, 3.8) is 0 Å². The quantitative estimate of drug-likeness (QED) is 0.725. The van der Waals surface area contributed by atoms with Crippen LogP contribution in [-0.4, -0.2) is 37.6 Å². The Labute approximate surface area is 104 Å². The minimum Gasteiger partial charge on any atom is -0.362 e. The third-order valence-electron chi connectivity index (χ3n) is 2.35. The first-order valence-corrected chi connectivity index (χ1v) is 7.57. The number of rotatable bonds is 5. The molecule has 0 spiro atoms. The lowest BCUT2D eigenvalue weighted by Crippen LogP contribution is -2.47. The summed E-state index contributed by atoms with van der Waals surface area (Å²) in [5.41, 5.74) is 0. The van der Waals surface area contributed by atoms with E-state index in [2.05, 4.69) is 24.5 Å². The molecular weight excluding hydrogens is 244 g/mol. The lowest BCUT2D eigenvalue weighted by Gasteiger charge is -2.24. The summed E-state index contributed by atoms with van der Waals surface area (Å²) in [4.78, 5) is 0. The minimum atomic E-state index is -3.08. The van der Waals surface area contributed by atoms with Crippen molar-refractivity contribution in [1.82, 2.24) is 10.6 Å². The molecule has 0 aliphatic carbocycles. The molecule has 2 N–H and O–H groups in total. The Balaban J connectivity index is 4.11. The van der Waals surface area contributed by atoms with Crippen molar-refractivity contribution in [2.24, 2.45) is 5.92 Å². The first kappa shape index (κ1) is 15.6. The fourth-order valence-corrected chi connectivity index (χ4v) is 1.27. The standard InChI is InChI=1S/C10H22N2O2S2/c1-8(2)6-11-9(15)12-7-10(3,4)16(5,13)14/h8H,6-7H2,1-5H3,(H2,11,12,15). The highest BCUT2D eigenvalue weighted by Crippen LogP contribution is 2.13. The van der Waals surface area contributed by atoms with Crippen LogP contribution in [0.1, 0.15) is 27.7 Å². The Hall–Kier alpha value is -0.360. The SMILES string of the molecule is CC(C)CNC(=S)NCC(C)(C)S(C)(=O)=O. The van der Waals surface area contributed by atoms with Gasteiger partial charge in [-0.2, -0.15) is 0 Å². The van der Waals surface area contributed by atoms with Crippen LogP contribution in [-0.2, 0) is 9.84 Å². The third kappa shape index (κ3) is 5.65. The number of sulfone groups is 1. The molecule has 0 aromatic carbocycles. The third-order valence-corrected chi connectivity index (χ3v) is 4.79. The fourth-order valence-electron chi connectivity index (χ4n) is 0.784. The molecule has 0 saturated heterocycles. The maximum Gasteiger partial charge on any atom is 0.166 e. The Kier molecular flexibility index (Phi) is 5.69. The van der Waals surface area contributed by atoms with Crippen molar-refractivity contribution in [1.29, 1.82) is 0 Å². The largest absolute Gasteiger partial charge is 0.362 e. The van der Waals surface area contributed by atoms with Crippen molar-refractivity contribution in [2.45, 2.75) is 32.4 Å². The van der Waals surface area contributed by atoms with Gasteiger partial charge in [-0.05, 0) is 32.0 Å². The van der Waals surface area contributed by atoms with E-state index in [1.54, 1.807) is 13.8 Å². The zero-order chi connectivity index (χ0) is 13.0. The van der Waals surface area contributed by atoms with Crippen LogP contribution in [0, 0.1) is 5.92 Å². The maximum atomic E-state index is 11.4. The second-order valence-corrected chi connectivity index (χ2v) is 8.05. The molecular formula is C10H22N2O2S2. The predicted molar refractivity (Wildman–Crippen MR) is 72.4 cm³/mol. The van der Waals surface area contributed by atoms with E-state index in [-0.39, 0.29) is 0 Å². The van der Waals surface area contributed by atoms with Gasteiger partial charge in [-0.3, -0.25) is 0 Å². The van der Waals surface area contributed by atoms with E-state index in [1.807, 2.05) is 0 Å². The van der Waals surface area contributed by atoms with Gasteiger partial charge in [-0.1, -0.05) is 13.8 Å². The van der Waals surface area contributed by atoms with Crippen LogP contribution >= 0.6 is 12.2 Å². The topological polar surface area (TPSA) is 58.2 Å². The van der Waals surface area contributed by atoms with Crippen molar-refractivity contribution >= 4 is 27.2 Å². The van der Waals surface area contributed by atoms with E-state index in [0.717, 1.165) is 6.54 Å². The molecule has 96 valence electrons. The number of hydrogen-bond donors (Lipinski definition) is 2. The van der Waals surface area contributed by atoms with E-state index in [9.17, 15) is 8.42 Å². The Morgan fingerprint density at radius 2 is 1.81 bits per heavy atom. The van der Waals surface area contributed by atoms with E-state index in [4.69, 9.17) is 12.2 Å². The van der Waals surface area contributed by atoms with Crippen molar-refractivity contribution in [3.05, 3.63) is 0 Å². The van der Waals surface area contributed by atoms with Gasteiger partial charge in [-0.15, -0.1) is 0 Å². The number of thiocarbonyl (C=S) groups is 1. The van der Waals surface area contributed by atoms with Crippen molar-refractivity contribution < 1.29 is 8.42 Å². The molecule has 0 atom stereocenters. The average Bonchev–Trinajstić information content (AvgIpc) is 2.09. The van der Waals surface area contributed by atoms with Crippen molar-refractivity contribution in [3.8, 4) is 0 Å². The van der Waals surface area contributed by atoms with Crippen molar-refractivity contribution in [2.75, 3.05) is 19.3 Å². The molecule has 0 aliphatic rings. The van der Waals surface area contributed by atoms with Crippen LogP contribution in [0.3, 0.4) is 0 Å². The highest BCUT2D eigenvalue weighted by Gasteiger charge is 2.29. The highest BCUT2D eigenvalue weighted by molar-refractivity contribution is 7.92. The molecule has 0 aliphatic heterocycles. The van der Waals surface area contributed by atoms with Gasteiger partial charge in [0.2, 0.25) is 0 Å². The first-order chi connectivity index (χ1) is 7.06. The second-order valence-electron chi connectivity index (χ2n) is 4.99. The normalized spacial score (nSPS) is 12.6. The zero-order valence-electron chi connectivity index (χ0n) is 10.6. The Morgan fingerprint density at radius 1 is 1.31 bits per heavy atom. The molecule has 0 bridgehead atoms. The molecule has 0 aromatic rings. The van der Waals surface area contributed by atoms with Gasteiger partial charge in [0.05, 0.1) is 4.75 Å². The van der Waals surface area contributed by atoms with Gasteiger partial charge < -0.3 is 10.6 Å². The molecule has 0 heterocycles. The van der Waals surface area contributed by atoms with Crippen LogP contribution in [0.25, 0.3) is 0 Å². The molecule has 0 saturated carbocycles. The van der Waals surface area contributed by atoms with Gasteiger partial charge >= 0.3 is 0 Å². The van der Waals surface area contributed by atoms with Gasteiger partial charge in [0.15, 0.2) is 14.9 Å². The summed E-state index contributed by atoms with van der Waals surface area (Å²) in [6.07, 6.45) is 1.24. The summed E-state index contributed by atoms with van der Waals surface area (Å²) in [5, 5.41) is 6.46. The summed E-state index contributed by atoms with van der Waals surface area (Å²) in [6, 6.07) is 0. The smallest absolute Gasteiger partial charge is 0.166 e. The molecule has 4 nitrogen and oxygen atoms in total. The van der Waals surface area contributed by atoms with Crippen LogP contribution in [0.15, 0.2) is 0 Å². The lowest BCUT2D eigenvalue weighted by molar-refractivity contribution is 0.543. The predicted octanol–water partition coefficient (Wildman–Crippen LogP) is 0.930. The number of hydrogen-bond acceptors (Lipinski definition) is 3. The van der Waals surface area contributed by atoms with E-state index < -0.39 is 14.6 Å². The molecule has 0 amide bonds. The van der Waals surface area contributed by atoms with E-state index in [1.165, 1.54) is 6.26 Å². The zero-order valence-corrected chi connectivity index (χ0v) is 12.3. The summed E-state index contributed by atoms with van der Waals surface area (Å²) in [6.45, 7) is 8.62. The minimum absolute atomic E-state index is 0.315.